The number of para-hydroxylation sites is 1. The zero-order valence-electron chi connectivity index (χ0n) is 15.3. The van der Waals surface area contributed by atoms with E-state index < -0.39 is 5.91 Å². The van der Waals surface area contributed by atoms with Gasteiger partial charge in [-0.1, -0.05) is 24.3 Å². The van der Waals surface area contributed by atoms with Crippen molar-refractivity contribution < 1.29 is 9.59 Å². The summed E-state index contributed by atoms with van der Waals surface area (Å²) in [5.74, 6) is -0.255. The van der Waals surface area contributed by atoms with Crippen LogP contribution in [0.2, 0.25) is 0 Å². The van der Waals surface area contributed by atoms with E-state index in [1.54, 1.807) is 34.0 Å². The molecule has 27 heavy (non-hydrogen) atoms. The zero-order chi connectivity index (χ0) is 19.2. The Bertz CT molecular complexity index is 918. The SMILES string of the molecule is CCN(CC)C(=O)c1cnn(-c2ccccc2)c1NC(=O)c1ccccn1. The minimum atomic E-state index is -0.401. The number of amides is 2. The lowest BCUT2D eigenvalue weighted by Gasteiger charge is -2.19. The summed E-state index contributed by atoms with van der Waals surface area (Å²) in [5, 5.41) is 7.15. The summed E-state index contributed by atoms with van der Waals surface area (Å²) in [5.41, 5.74) is 1.35. The van der Waals surface area contributed by atoms with Crippen LogP contribution in [0.25, 0.3) is 5.69 Å². The summed E-state index contributed by atoms with van der Waals surface area (Å²) < 4.78 is 1.55. The molecule has 2 heterocycles. The average molecular weight is 363 g/mol. The number of nitrogens with one attached hydrogen (secondary N) is 1. The number of aromatic nitrogens is 3. The molecule has 3 aromatic rings. The molecule has 3 rings (SSSR count). The fourth-order valence-electron chi connectivity index (χ4n) is 2.74. The third kappa shape index (κ3) is 3.87. The van der Waals surface area contributed by atoms with Gasteiger partial charge in [0.15, 0.2) is 0 Å². The van der Waals surface area contributed by atoms with Crippen molar-refractivity contribution in [2.24, 2.45) is 0 Å². The van der Waals surface area contributed by atoms with Crippen molar-refractivity contribution in [2.75, 3.05) is 18.4 Å². The first-order valence-electron chi connectivity index (χ1n) is 8.80. The molecule has 0 spiro atoms. The van der Waals surface area contributed by atoms with Gasteiger partial charge in [0.25, 0.3) is 11.8 Å². The Labute approximate surface area is 157 Å². The topological polar surface area (TPSA) is 80.1 Å². The van der Waals surface area contributed by atoms with E-state index in [9.17, 15) is 9.59 Å². The Hall–Kier alpha value is -3.48. The highest BCUT2D eigenvalue weighted by atomic mass is 16.2. The lowest BCUT2D eigenvalue weighted by Crippen LogP contribution is -2.31. The normalized spacial score (nSPS) is 10.4. The first kappa shape index (κ1) is 18.3. The number of hydrogen-bond acceptors (Lipinski definition) is 4. The standard InChI is InChI=1S/C20H21N5O2/c1-3-24(4-2)20(27)16-14-22-25(15-10-6-5-7-11-15)18(16)23-19(26)17-12-8-9-13-21-17/h5-14H,3-4H2,1-2H3,(H,23,26). The molecule has 0 aliphatic rings. The van der Waals surface area contributed by atoms with Crippen molar-refractivity contribution in [1.29, 1.82) is 0 Å². The van der Waals surface area contributed by atoms with Crippen LogP contribution < -0.4 is 5.32 Å². The van der Waals surface area contributed by atoms with Gasteiger partial charge in [-0.15, -0.1) is 0 Å². The Balaban J connectivity index is 2.03. The summed E-state index contributed by atoms with van der Waals surface area (Å²) in [6.45, 7) is 4.96. The predicted molar refractivity (Wildman–Crippen MR) is 103 cm³/mol. The van der Waals surface area contributed by atoms with Crippen LogP contribution in [0, 0.1) is 0 Å². The first-order chi connectivity index (χ1) is 13.2. The maximum Gasteiger partial charge on any atom is 0.275 e. The number of benzene rings is 1. The van der Waals surface area contributed by atoms with Gasteiger partial charge in [-0.05, 0) is 38.1 Å². The summed E-state index contributed by atoms with van der Waals surface area (Å²) >= 11 is 0. The molecule has 0 unspecified atom stereocenters. The van der Waals surface area contributed by atoms with Crippen molar-refractivity contribution in [2.45, 2.75) is 13.8 Å². The maximum atomic E-state index is 12.9. The van der Waals surface area contributed by atoms with Crippen molar-refractivity contribution in [3.05, 3.63) is 72.2 Å². The van der Waals surface area contributed by atoms with Crippen LogP contribution in [-0.4, -0.2) is 44.6 Å². The van der Waals surface area contributed by atoms with Crippen LogP contribution in [0.5, 0.6) is 0 Å². The molecule has 0 atom stereocenters. The molecule has 2 aromatic heterocycles. The third-order valence-corrected chi connectivity index (χ3v) is 4.18. The highest BCUT2D eigenvalue weighted by Gasteiger charge is 2.24. The molecule has 7 nitrogen and oxygen atoms in total. The molecule has 0 radical (unpaired) electrons. The highest BCUT2D eigenvalue weighted by Crippen LogP contribution is 2.22. The zero-order valence-corrected chi connectivity index (χ0v) is 15.3. The number of rotatable bonds is 6. The van der Waals surface area contributed by atoms with Gasteiger partial charge in [0, 0.05) is 19.3 Å². The van der Waals surface area contributed by atoms with Crippen molar-refractivity contribution in [3.8, 4) is 5.69 Å². The lowest BCUT2D eigenvalue weighted by atomic mass is 10.2. The van der Waals surface area contributed by atoms with Gasteiger partial charge < -0.3 is 10.2 Å². The fourth-order valence-corrected chi connectivity index (χ4v) is 2.74. The first-order valence-corrected chi connectivity index (χ1v) is 8.80. The quantitative estimate of drug-likeness (QED) is 0.730. The van der Waals surface area contributed by atoms with Crippen LogP contribution in [0.3, 0.4) is 0 Å². The van der Waals surface area contributed by atoms with Crippen LogP contribution in [0.1, 0.15) is 34.7 Å². The molecule has 0 saturated heterocycles. The number of hydrogen-bond donors (Lipinski definition) is 1. The van der Waals surface area contributed by atoms with E-state index in [2.05, 4.69) is 15.4 Å². The molecule has 7 heteroatoms. The summed E-state index contributed by atoms with van der Waals surface area (Å²) in [6, 6.07) is 14.4. The van der Waals surface area contributed by atoms with Gasteiger partial charge in [-0.2, -0.15) is 5.10 Å². The van der Waals surface area contributed by atoms with Crippen molar-refractivity contribution in [1.82, 2.24) is 19.7 Å². The molecular weight excluding hydrogens is 342 g/mol. The number of carbonyl (C=O) groups is 2. The third-order valence-electron chi connectivity index (χ3n) is 4.18. The van der Waals surface area contributed by atoms with Gasteiger partial charge in [0.05, 0.1) is 11.9 Å². The Morgan fingerprint density at radius 3 is 2.37 bits per heavy atom. The van der Waals surface area contributed by atoms with E-state index in [-0.39, 0.29) is 11.6 Å². The van der Waals surface area contributed by atoms with Gasteiger partial charge in [-0.25, -0.2) is 4.68 Å². The van der Waals surface area contributed by atoms with Crippen LogP contribution in [-0.2, 0) is 0 Å². The molecule has 0 saturated carbocycles. The minimum Gasteiger partial charge on any atom is -0.339 e. The van der Waals surface area contributed by atoms with E-state index in [1.807, 2.05) is 44.2 Å². The molecule has 0 aliphatic heterocycles. The molecule has 138 valence electrons. The van der Waals surface area contributed by atoms with Gasteiger partial charge in [0.1, 0.15) is 17.1 Å². The summed E-state index contributed by atoms with van der Waals surface area (Å²) in [6.07, 6.45) is 3.03. The summed E-state index contributed by atoms with van der Waals surface area (Å²) in [7, 11) is 0. The highest BCUT2D eigenvalue weighted by molar-refractivity contribution is 6.07. The second-order valence-electron chi connectivity index (χ2n) is 5.80. The van der Waals surface area contributed by atoms with Crippen LogP contribution in [0.15, 0.2) is 60.9 Å². The number of carbonyl (C=O) groups excluding carboxylic acids is 2. The lowest BCUT2D eigenvalue weighted by molar-refractivity contribution is 0.0774. The van der Waals surface area contributed by atoms with Gasteiger partial charge in [0.2, 0.25) is 0 Å². The molecule has 2 amide bonds. The Morgan fingerprint density at radius 2 is 1.74 bits per heavy atom. The fraction of sp³-hybridized carbons (Fsp3) is 0.200. The van der Waals surface area contributed by atoms with Crippen LogP contribution in [0.4, 0.5) is 5.82 Å². The van der Waals surface area contributed by atoms with Gasteiger partial charge >= 0.3 is 0 Å². The van der Waals surface area contributed by atoms with E-state index in [4.69, 9.17) is 0 Å². The minimum absolute atomic E-state index is 0.182. The van der Waals surface area contributed by atoms with E-state index in [1.165, 1.54) is 6.20 Å². The second kappa shape index (κ2) is 8.27. The Kier molecular flexibility index (Phi) is 5.61. The maximum absolute atomic E-state index is 12.9. The monoisotopic (exact) mass is 363 g/mol. The Morgan fingerprint density at radius 1 is 1.04 bits per heavy atom. The van der Waals surface area contributed by atoms with E-state index >= 15 is 0 Å². The van der Waals surface area contributed by atoms with Gasteiger partial charge in [-0.3, -0.25) is 14.6 Å². The van der Waals surface area contributed by atoms with Crippen molar-refractivity contribution >= 4 is 17.6 Å². The average Bonchev–Trinajstić information content (AvgIpc) is 3.13. The largest absolute Gasteiger partial charge is 0.339 e. The molecule has 0 bridgehead atoms. The summed E-state index contributed by atoms with van der Waals surface area (Å²) in [4.78, 5) is 31.3. The predicted octanol–water partition coefficient (Wildman–Crippen LogP) is 3.00. The van der Waals surface area contributed by atoms with Crippen LogP contribution >= 0.6 is 0 Å². The van der Waals surface area contributed by atoms with Crippen molar-refractivity contribution in [3.63, 3.8) is 0 Å². The second-order valence-corrected chi connectivity index (χ2v) is 5.80. The van der Waals surface area contributed by atoms with E-state index in [0.717, 1.165) is 5.69 Å². The molecule has 0 fully saturated rings. The molecule has 1 N–H and O–H groups in total. The number of nitrogens with zero attached hydrogens (tertiary/aromatic N) is 4. The molecule has 1 aromatic carbocycles. The smallest absolute Gasteiger partial charge is 0.275 e. The number of anilines is 1. The molecular formula is C20H21N5O2. The number of pyridine rings is 1. The van der Waals surface area contributed by atoms with E-state index in [0.29, 0.717) is 24.5 Å². The molecule has 0 aliphatic carbocycles.